The second-order valence-corrected chi connectivity index (χ2v) is 5.16. The third-order valence-corrected chi connectivity index (χ3v) is 3.32. The third kappa shape index (κ3) is 2.88. The molecule has 4 nitrogen and oxygen atoms in total. The van der Waals surface area contributed by atoms with Crippen molar-refractivity contribution in [2.45, 2.75) is 45.0 Å². The van der Waals surface area contributed by atoms with Gasteiger partial charge in [-0.2, -0.15) is 0 Å². The largest absolute Gasteiger partial charge is 0.407 e. The molecule has 0 bridgehead atoms. The maximum atomic E-state index is 5.61. The minimum atomic E-state index is 0.270. The summed E-state index contributed by atoms with van der Waals surface area (Å²) < 4.78 is 5.34. The molecule has 0 aliphatic heterocycles. The zero-order valence-corrected chi connectivity index (χ0v) is 10.5. The van der Waals surface area contributed by atoms with E-state index in [1.165, 1.54) is 19.3 Å². The Labute approximate surface area is 101 Å². The molecule has 1 fully saturated rings. The van der Waals surface area contributed by atoms with Crippen molar-refractivity contribution >= 4 is 17.6 Å². The van der Waals surface area contributed by atoms with Crippen LogP contribution in [0.1, 0.15) is 39.0 Å². The summed E-state index contributed by atoms with van der Waals surface area (Å²) in [5, 5.41) is 11.0. The van der Waals surface area contributed by atoms with Gasteiger partial charge in [-0.3, -0.25) is 0 Å². The quantitative estimate of drug-likeness (QED) is 0.829. The Kier molecular flexibility index (Phi) is 3.69. The van der Waals surface area contributed by atoms with Gasteiger partial charge in [-0.05, 0) is 31.1 Å². The summed E-state index contributed by atoms with van der Waals surface area (Å²) in [6.45, 7) is 4.59. The Morgan fingerprint density at radius 2 is 1.94 bits per heavy atom. The Morgan fingerprint density at radius 1 is 1.25 bits per heavy atom. The summed E-state index contributed by atoms with van der Waals surface area (Å²) in [5.41, 5.74) is 0. The lowest BCUT2D eigenvalue weighted by Gasteiger charge is -2.31. The highest BCUT2D eigenvalue weighted by Gasteiger charge is 2.24. The molecule has 16 heavy (non-hydrogen) atoms. The summed E-state index contributed by atoms with van der Waals surface area (Å²) in [7, 11) is 0. The van der Waals surface area contributed by atoms with Gasteiger partial charge in [0, 0.05) is 6.04 Å². The molecule has 2 rings (SSSR count). The molecule has 0 aromatic carbocycles. The molecule has 2 unspecified atom stereocenters. The molecular formula is C11H18ClN3O. The number of anilines is 1. The molecule has 1 heterocycles. The number of rotatable bonds is 3. The molecule has 90 valence electrons. The van der Waals surface area contributed by atoms with E-state index in [0.29, 0.717) is 17.9 Å². The van der Waals surface area contributed by atoms with Gasteiger partial charge in [0.2, 0.25) is 5.89 Å². The summed E-state index contributed by atoms with van der Waals surface area (Å²) in [4.78, 5) is 0. The lowest BCUT2D eigenvalue weighted by atomic mass is 9.80. The second-order valence-electron chi connectivity index (χ2n) is 4.89. The molecule has 1 aromatic rings. The number of hydrogen-bond acceptors (Lipinski definition) is 4. The van der Waals surface area contributed by atoms with Crippen molar-refractivity contribution in [1.82, 2.24) is 10.2 Å². The van der Waals surface area contributed by atoms with Gasteiger partial charge >= 0.3 is 6.01 Å². The maximum Gasteiger partial charge on any atom is 0.315 e. The van der Waals surface area contributed by atoms with Crippen LogP contribution >= 0.6 is 11.6 Å². The predicted octanol–water partition coefficient (Wildman–Crippen LogP) is 3.05. The first kappa shape index (κ1) is 11.7. The fourth-order valence-electron chi connectivity index (χ4n) is 2.61. The topological polar surface area (TPSA) is 51.0 Å². The Balaban J connectivity index is 1.93. The molecule has 1 aliphatic rings. The van der Waals surface area contributed by atoms with Crippen molar-refractivity contribution in [1.29, 1.82) is 0 Å². The SMILES string of the molecule is CC1CC(C)CC(Nc2nnc(CCl)o2)C1. The lowest BCUT2D eigenvalue weighted by molar-refractivity contribution is 0.278. The standard InChI is InChI=1S/C11H18ClN3O/c1-7-3-8(2)5-9(4-7)13-11-15-14-10(6-12)16-11/h7-9H,3-6H2,1-2H3,(H,13,15). The smallest absolute Gasteiger partial charge is 0.315 e. The summed E-state index contributed by atoms with van der Waals surface area (Å²) in [5.74, 6) is 2.26. The molecule has 2 atom stereocenters. The van der Waals surface area contributed by atoms with Gasteiger partial charge in [-0.15, -0.1) is 16.7 Å². The third-order valence-electron chi connectivity index (χ3n) is 3.09. The van der Waals surface area contributed by atoms with E-state index in [1.54, 1.807) is 0 Å². The number of nitrogens with zero attached hydrogens (tertiary/aromatic N) is 2. The molecule has 0 spiro atoms. The van der Waals surface area contributed by atoms with Crippen LogP contribution in [0.5, 0.6) is 0 Å². The highest BCUT2D eigenvalue weighted by Crippen LogP contribution is 2.30. The molecule has 1 N–H and O–H groups in total. The highest BCUT2D eigenvalue weighted by atomic mass is 35.5. The van der Waals surface area contributed by atoms with Crippen LogP contribution in [0.2, 0.25) is 0 Å². The van der Waals surface area contributed by atoms with Gasteiger partial charge in [0.05, 0.1) is 0 Å². The van der Waals surface area contributed by atoms with Crippen LogP contribution in [0, 0.1) is 11.8 Å². The van der Waals surface area contributed by atoms with Crippen LogP contribution in [0.4, 0.5) is 6.01 Å². The average Bonchev–Trinajstić information content (AvgIpc) is 2.64. The number of hydrogen-bond donors (Lipinski definition) is 1. The van der Waals surface area contributed by atoms with Crippen LogP contribution in [0.25, 0.3) is 0 Å². The molecule has 0 saturated heterocycles. The van der Waals surface area contributed by atoms with Crippen molar-refractivity contribution < 1.29 is 4.42 Å². The molecule has 1 saturated carbocycles. The zero-order chi connectivity index (χ0) is 11.5. The van der Waals surface area contributed by atoms with E-state index in [4.69, 9.17) is 16.0 Å². The van der Waals surface area contributed by atoms with Gasteiger partial charge < -0.3 is 9.73 Å². The van der Waals surface area contributed by atoms with Crippen molar-refractivity contribution in [3.8, 4) is 0 Å². The van der Waals surface area contributed by atoms with Crippen molar-refractivity contribution in [3.63, 3.8) is 0 Å². The van der Waals surface area contributed by atoms with Gasteiger partial charge in [-0.1, -0.05) is 18.9 Å². The van der Waals surface area contributed by atoms with Crippen molar-refractivity contribution in [3.05, 3.63) is 5.89 Å². The summed E-state index contributed by atoms with van der Waals surface area (Å²) >= 11 is 5.61. The fourth-order valence-corrected chi connectivity index (χ4v) is 2.71. The first-order chi connectivity index (χ1) is 7.67. The average molecular weight is 244 g/mol. The molecule has 0 radical (unpaired) electrons. The Morgan fingerprint density at radius 3 is 2.50 bits per heavy atom. The molecular weight excluding hydrogens is 226 g/mol. The number of aromatic nitrogens is 2. The maximum absolute atomic E-state index is 5.61. The lowest BCUT2D eigenvalue weighted by Crippen LogP contribution is -2.30. The normalized spacial score (nSPS) is 30.3. The molecule has 1 aromatic heterocycles. The minimum absolute atomic E-state index is 0.270. The first-order valence-corrected chi connectivity index (χ1v) is 6.35. The van der Waals surface area contributed by atoms with E-state index < -0.39 is 0 Å². The van der Waals surface area contributed by atoms with Gasteiger partial charge in [-0.25, -0.2) is 0 Å². The van der Waals surface area contributed by atoms with Gasteiger partial charge in [0.15, 0.2) is 0 Å². The van der Waals surface area contributed by atoms with Crippen molar-refractivity contribution in [2.24, 2.45) is 11.8 Å². The van der Waals surface area contributed by atoms with Crippen molar-refractivity contribution in [2.75, 3.05) is 5.32 Å². The highest BCUT2D eigenvalue weighted by molar-refractivity contribution is 6.16. The molecule has 0 amide bonds. The predicted molar refractivity (Wildman–Crippen MR) is 63.4 cm³/mol. The Bertz CT molecular complexity index is 332. The van der Waals surface area contributed by atoms with Crippen LogP contribution in [-0.2, 0) is 5.88 Å². The summed E-state index contributed by atoms with van der Waals surface area (Å²) in [6.07, 6.45) is 3.65. The number of halogens is 1. The van der Waals surface area contributed by atoms with E-state index in [1.807, 2.05) is 0 Å². The van der Waals surface area contributed by atoms with Crippen LogP contribution in [0.3, 0.4) is 0 Å². The Hall–Kier alpha value is -0.770. The first-order valence-electron chi connectivity index (χ1n) is 5.82. The van der Waals surface area contributed by atoms with Crippen LogP contribution < -0.4 is 5.32 Å². The van der Waals surface area contributed by atoms with E-state index in [-0.39, 0.29) is 5.88 Å². The number of alkyl halides is 1. The van der Waals surface area contributed by atoms with Gasteiger partial charge in [0.1, 0.15) is 5.88 Å². The second kappa shape index (κ2) is 5.04. The zero-order valence-electron chi connectivity index (χ0n) is 9.74. The fraction of sp³-hybridized carbons (Fsp3) is 0.818. The van der Waals surface area contributed by atoms with Crippen LogP contribution in [0.15, 0.2) is 4.42 Å². The number of nitrogens with one attached hydrogen (secondary N) is 1. The minimum Gasteiger partial charge on any atom is -0.407 e. The van der Waals surface area contributed by atoms with E-state index in [2.05, 4.69) is 29.4 Å². The van der Waals surface area contributed by atoms with E-state index in [0.717, 1.165) is 11.8 Å². The van der Waals surface area contributed by atoms with E-state index in [9.17, 15) is 0 Å². The van der Waals surface area contributed by atoms with Gasteiger partial charge in [0.25, 0.3) is 0 Å². The van der Waals surface area contributed by atoms with Crippen LogP contribution in [-0.4, -0.2) is 16.2 Å². The summed E-state index contributed by atoms with van der Waals surface area (Å²) in [6, 6.07) is 0.948. The monoisotopic (exact) mass is 243 g/mol. The molecule has 1 aliphatic carbocycles. The molecule has 5 heteroatoms. The van der Waals surface area contributed by atoms with E-state index >= 15 is 0 Å².